The van der Waals surface area contributed by atoms with E-state index >= 15 is 0 Å². The predicted octanol–water partition coefficient (Wildman–Crippen LogP) is 11.1. The van der Waals surface area contributed by atoms with Crippen molar-refractivity contribution >= 4 is 44.1 Å². The standard InChI is InChI=1S/C46H31N5/c1-2-12-30(13-3-1)34-15-11-17-36(29-34)45-47-40-21-7-6-20-39(40)43(49-45)35-16-10-14-33(28-35)31-23-25-32(26-24-31)42-37-18-4-5-19-38(37)44-46(50-42)51-27-9-8-22-41(51)48-44/h1-14,16-29,34H,15H2. The van der Waals surface area contributed by atoms with E-state index < -0.39 is 0 Å². The first-order valence-corrected chi connectivity index (χ1v) is 17.3. The number of pyridine rings is 2. The van der Waals surface area contributed by atoms with Gasteiger partial charge in [-0.25, -0.2) is 19.9 Å². The van der Waals surface area contributed by atoms with Gasteiger partial charge in [-0.1, -0.05) is 140 Å². The van der Waals surface area contributed by atoms with Gasteiger partial charge in [0.15, 0.2) is 11.5 Å². The van der Waals surface area contributed by atoms with Crippen molar-refractivity contribution in [2.24, 2.45) is 0 Å². The highest BCUT2D eigenvalue weighted by Crippen LogP contribution is 2.36. The lowest BCUT2D eigenvalue weighted by atomic mass is 9.89. The number of hydrogen-bond donors (Lipinski definition) is 0. The van der Waals surface area contributed by atoms with Crippen LogP contribution in [0, 0.1) is 0 Å². The second-order valence-electron chi connectivity index (χ2n) is 13.1. The van der Waals surface area contributed by atoms with Crippen LogP contribution in [0.1, 0.15) is 23.7 Å². The second-order valence-corrected chi connectivity index (χ2v) is 13.1. The average Bonchev–Trinajstić information content (AvgIpc) is 3.59. The highest BCUT2D eigenvalue weighted by atomic mass is 15.1. The third-order valence-electron chi connectivity index (χ3n) is 9.94. The molecule has 4 heterocycles. The summed E-state index contributed by atoms with van der Waals surface area (Å²) in [6, 6.07) is 50.8. The summed E-state index contributed by atoms with van der Waals surface area (Å²) in [5.41, 5.74) is 12.2. The summed E-state index contributed by atoms with van der Waals surface area (Å²) in [7, 11) is 0. The molecule has 0 spiro atoms. The van der Waals surface area contributed by atoms with Gasteiger partial charge >= 0.3 is 0 Å². The Morgan fingerprint density at radius 1 is 0.529 bits per heavy atom. The van der Waals surface area contributed by atoms with Crippen LogP contribution < -0.4 is 0 Å². The largest absolute Gasteiger partial charge is 0.284 e. The van der Waals surface area contributed by atoms with Gasteiger partial charge in [0, 0.05) is 45.0 Å². The number of para-hydroxylation sites is 1. The van der Waals surface area contributed by atoms with Crippen LogP contribution in [0.3, 0.4) is 0 Å². The summed E-state index contributed by atoms with van der Waals surface area (Å²) in [4.78, 5) is 20.4. The van der Waals surface area contributed by atoms with Crippen LogP contribution in [-0.4, -0.2) is 24.3 Å². The van der Waals surface area contributed by atoms with Crippen LogP contribution in [-0.2, 0) is 0 Å². The molecule has 0 N–H and O–H groups in total. The molecule has 0 aliphatic heterocycles. The Morgan fingerprint density at radius 2 is 1.25 bits per heavy atom. The predicted molar refractivity (Wildman–Crippen MR) is 208 cm³/mol. The van der Waals surface area contributed by atoms with Crippen molar-refractivity contribution in [1.82, 2.24) is 24.3 Å². The normalized spacial score (nSPS) is 14.4. The number of hydrogen-bond acceptors (Lipinski definition) is 4. The zero-order valence-corrected chi connectivity index (χ0v) is 27.7. The van der Waals surface area contributed by atoms with Crippen LogP contribution >= 0.6 is 0 Å². The lowest BCUT2D eigenvalue weighted by molar-refractivity contribution is 0.855. The van der Waals surface area contributed by atoms with E-state index in [9.17, 15) is 0 Å². The summed E-state index contributed by atoms with van der Waals surface area (Å²) < 4.78 is 2.07. The molecule has 1 atom stereocenters. The van der Waals surface area contributed by atoms with E-state index in [2.05, 4.69) is 144 Å². The minimum atomic E-state index is 0.297. The van der Waals surface area contributed by atoms with E-state index in [1.807, 2.05) is 30.5 Å². The molecule has 5 nitrogen and oxygen atoms in total. The Bertz CT molecular complexity index is 2830. The van der Waals surface area contributed by atoms with Crippen LogP contribution in [0.4, 0.5) is 0 Å². The van der Waals surface area contributed by atoms with E-state index in [1.54, 1.807) is 0 Å². The van der Waals surface area contributed by atoms with E-state index in [4.69, 9.17) is 19.9 Å². The molecule has 240 valence electrons. The smallest absolute Gasteiger partial charge is 0.165 e. The zero-order valence-electron chi connectivity index (χ0n) is 27.7. The molecule has 10 rings (SSSR count). The summed E-state index contributed by atoms with van der Waals surface area (Å²) in [5.74, 6) is 1.04. The molecule has 0 radical (unpaired) electrons. The first-order valence-electron chi connectivity index (χ1n) is 17.3. The molecule has 0 amide bonds. The molecule has 5 aromatic carbocycles. The van der Waals surface area contributed by atoms with Crippen molar-refractivity contribution in [1.29, 1.82) is 0 Å². The molecule has 1 aliphatic rings. The third-order valence-corrected chi connectivity index (χ3v) is 9.94. The second kappa shape index (κ2) is 12.0. The Hall–Kier alpha value is -6.72. The fourth-order valence-electron chi connectivity index (χ4n) is 7.41. The van der Waals surface area contributed by atoms with Gasteiger partial charge in [-0.05, 0) is 47.4 Å². The van der Waals surface area contributed by atoms with Crippen molar-refractivity contribution in [2.45, 2.75) is 12.3 Å². The third kappa shape index (κ3) is 5.10. The van der Waals surface area contributed by atoms with Gasteiger partial charge in [0.05, 0.1) is 16.9 Å². The molecule has 9 aromatic rings. The first-order chi connectivity index (χ1) is 25.3. The number of imidazole rings is 1. The summed E-state index contributed by atoms with van der Waals surface area (Å²) in [6.45, 7) is 0. The van der Waals surface area contributed by atoms with Crippen molar-refractivity contribution in [3.8, 4) is 33.6 Å². The Labute approximate surface area is 295 Å². The maximum absolute atomic E-state index is 5.24. The van der Waals surface area contributed by atoms with Gasteiger partial charge in [0.2, 0.25) is 0 Å². The minimum absolute atomic E-state index is 0.297. The fraction of sp³-hybridized carbons (Fsp3) is 0.0435. The number of aromatic nitrogens is 5. The molecule has 4 aromatic heterocycles. The highest BCUT2D eigenvalue weighted by Gasteiger charge is 2.18. The first kappa shape index (κ1) is 29.2. The SMILES string of the molecule is C1=CC(c2nc(-c3cccc(-c4ccc(-c5nc6c(nc7ccccn76)c6ccccc56)cc4)c3)c3ccccc3n2)=CC(c2ccccc2)C1. The molecule has 5 heteroatoms. The van der Waals surface area contributed by atoms with E-state index in [1.165, 1.54) is 5.56 Å². The molecule has 51 heavy (non-hydrogen) atoms. The summed E-state index contributed by atoms with van der Waals surface area (Å²) in [5, 5.41) is 3.23. The Kier molecular flexibility index (Phi) is 6.88. The maximum atomic E-state index is 5.24. The van der Waals surface area contributed by atoms with Gasteiger partial charge in [0.1, 0.15) is 11.2 Å². The monoisotopic (exact) mass is 653 g/mol. The van der Waals surface area contributed by atoms with Crippen LogP contribution in [0.15, 0.2) is 170 Å². The van der Waals surface area contributed by atoms with Crippen molar-refractivity contribution in [3.63, 3.8) is 0 Å². The average molecular weight is 654 g/mol. The van der Waals surface area contributed by atoms with Crippen molar-refractivity contribution < 1.29 is 0 Å². The molecule has 0 fully saturated rings. The van der Waals surface area contributed by atoms with E-state index in [0.717, 1.165) is 89.9 Å². The quantitative estimate of drug-likeness (QED) is 0.185. The molecule has 1 unspecified atom stereocenters. The van der Waals surface area contributed by atoms with E-state index in [-0.39, 0.29) is 0 Å². The minimum Gasteiger partial charge on any atom is -0.284 e. The van der Waals surface area contributed by atoms with E-state index in [0.29, 0.717) is 5.92 Å². The molecular formula is C46H31N5. The number of nitrogens with zero attached hydrogens (tertiary/aromatic N) is 5. The summed E-state index contributed by atoms with van der Waals surface area (Å²) >= 11 is 0. The van der Waals surface area contributed by atoms with Gasteiger partial charge in [-0.3, -0.25) is 4.40 Å². The van der Waals surface area contributed by atoms with Gasteiger partial charge in [-0.2, -0.15) is 0 Å². The number of fused-ring (bicyclic) bond motifs is 6. The molecule has 0 saturated heterocycles. The van der Waals surface area contributed by atoms with Crippen LogP contribution in [0.5, 0.6) is 0 Å². The summed E-state index contributed by atoms with van der Waals surface area (Å²) in [6.07, 6.45) is 9.71. The molecule has 1 aliphatic carbocycles. The van der Waals surface area contributed by atoms with Gasteiger partial charge < -0.3 is 0 Å². The van der Waals surface area contributed by atoms with Crippen LogP contribution in [0.25, 0.3) is 77.7 Å². The lowest BCUT2D eigenvalue weighted by Crippen LogP contribution is -2.03. The van der Waals surface area contributed by atoms with Crippen molar-refractivity contribution in [3.05, 3.63) is 181 Å². The van der Waals surface area contributed by atoms with Gasteiger partial charge in [0.25, 0.3) is 0 Å². The van der Waals surface area contributed by atoms with Crippen molar-refractivity contribution in [2.75, 3.05) is 0 Å². The zero-order chi connectivity index (χ0) is 33.7. The molecule has 0 saturated carbocycles. The Morgan fingerprint density at radius 3 is 2.14 bits per heavy atom. The molecular weight excluding hydrogens is 623 g/mol. The van der Waals surface area contributed by atoms with Crippen LogP contribution in [0.2, 0.25) is 0 Å². The van der Waals surface area contributed by atoms with Gasteiger partial charge in [-0.15, -0.1) is 0 Å². The molecule has 0 bridgehead atoms. The maximum Gasteiger partial charge on any atom is 0.165 e. The number of rotatable bonds is 5. The fourth-order valence-corrected chi connectivity index (χ4v) is 7.41. The lowest BCUT2D eigenvalue weighted by Gasteiger charge is -2.17. The topological polar surface area (TPSA) is 56.0 Å². The number of benzene rings is 5. The Balaban J connectivity index is 1.04. The highest BCUT2D eigenvalue weighted by molar-refractivity contribution is 6.09. The number of allylic oxidation sites excluding steroid dienone is 4.